The van der Waals surface area contributed by atoms with Crippen molar-refractivity contribution in [2.75, 3.05) is 10.6 Å². The second-order valence-corrected chi connectivity index (χ2v) is 6.51. The average molecular weight is 353 g/mol. The van der Waals surface area contributed by atoms with Crippen molar-refractivity contribution < 1.29 is 0 Å². The van der Waals surface area contributed by atoms with Crippen molar-refractivity contribution in [3.8, 4) is 0 Å². The van der Waals surface area contributed by atoms with E-state index in [1.807, 2.05) is 38.1 Å². The summed E-state index contributed by atoms with van der Waals surface area (Å²) in [6.45, 7) is 6.70. The maximum atomic E-state index is 6.19. The molecule has 3 rings (SSSR count). The van der Waals surface area contributed by atoms with Crippen molar-refractivity contribution in [1.82, 2.24) is 9.97 Å². The molecule has 2 aromatic carbocycles. The van der Waals surface area contributed by atoms with Crippen LogP contribution in [0.15, 0.2) is 48.5 Å². The van der Waals surface area contributed by atoms with Crippen LogP contribution in [0.2, 0.25) is 5.02 Å². The van der Waals surface area contributed by atoms with E-state index in [1.165, 1.54) is 11.1 Å². The summed E-state index contributed by atoms with van der Waals surface area (Å²) >= 11 is 6.19. The second-order valence-electron chi connectivity index (χ2n) is 6.10. The Bertz CT molecular complexity index is 893. The van der Waals surface area contributed by atoms with Gasteiger partial charge in [-0.05, 0) is 44.0 Å². The number of anilines is 3. The zero-order valence-corrected chi connectivity index (χ0v) is 15.4. The predicted octanol–water partition coefficient (Wildman–Crippen LogP) is 5.41. The molecular weight excluding hydrogens is 332 g/mol. The second kappa shape index (κ2) is 7.53. The van der Waals surface area contributed by atoms with E-state index in [0.717, 1.165) is 27.8 Å². The Balaban J connectivity index is 1.77. The van der Waals surface area contributed by atoms with E-state index in [9.17, 15) is 0 Å². The summed E-state index contributed by atoms with van der Waals surface area (Å²) in [5.74, 6) is 1.34. The summed E-state index contributed by atoms with van der Waals surface area (Å²) < 4.78 is 0. The number of nitrogens with zero attached hydrogens (tertiary/aromatic N) is 2. The molecule has 0 saturated carbocycles. The van der Waals surface area contributed by atoms with Gasteiger partial charge in [-0.15, -0.1) is 0 Å². The molecule has 0 bridgehead atoms. The van der Waals surface area contributed by atoms with Crippen LogP contribution in [0.3, 0.4) is 0 Å². The fraction of sp³-hybridized carbons (Fsp3) is 0.200. The number of halogens is 1. The highest BCUT2D eigenvalue weighted by atomic mass is 35.5. The summed E-state index contributed by atoms with van der Waals surface area (Å²) in [5, 5.41) is 7.35. The average Bonchev–Trinajstić information content (AvgIpc) is 2.57. The Labute approximate surface area is 153 Å². The molecule has 0 aliphatic heterocycles. The molecule has 0 aliphatic rings. The fourth-order valence-electron chi connectivity index (χ4n) is 2.60. The van der Waals surface area contributed by atoms with Gasteiger partial charge in [-0.3, -0.25) is 0 Å². The third-order valence-electron chi connectivity index (χ3n) is 3.92. The number of aromatic nitrogens is 2. The number of benzene rings is 2. The van der Waals surface area contributed by atoms with Gasteiger partial charge in [0.15, 0.2) is 0 Å². The van der Waals surface area contributed by atoms with Gasteiger partial charge in [0.05, 0.1) is 0 Å². The molecule has 128 valence electrons. The smallest absolute Gasteiger partial charge is 0.225 e. The van der Waals surface area contributed by atoms with E-state index in [4.69, 9.17) is 11.6 Å². The lowest BCUT2D eigenvalue weighted by molar-refractivity contribution is 1.03. The van der Waals surface area contributed by atoms with E-state index in [-0.39, 0.29) is 0 Å². The van der Waals surface area contributed by atoms with Crippen LogP contribution in [0.25, 0.3) is 0 Å². The molecule has 1 heterocycles. The fourth-order valence-corrected chi connectivity index (χ4v) is 2.77. The van der Waals surface area contributed by atoms with Gasteiger partial charge in [0.25, 0.3) is 0 Å². The molecule has 0 fully saturated rings. The van der Waals surface area contributed by atoms with Crippen LogP contribution in [0.4, 0.5) is 17.5 Å². The summed E-state index contributed by atoms with van der Waals surface area (Å²) in [4.78, 5) is 9.03. The zero-order valence-electron chi connectivity index (χ0n) is 14.6. The molecule has 2 N–H and O–H groups in total. The van der Waals surface area contributed by atoms with E-state index < -0.39 is 0 Å². The summed E-state index contributed by atoms with van der Waals surface area (Å²) in [5.41, 5.74) is 5.27. The van der Waals surface area contributed by atoms with Gasteiger partial charge in [-0.1, -0.05) is 47.5 Å². The maximum absolute atomic E-state index is 6.19. The van der Waals surface area contributed by atoms with Crippen molar-refractivity contribution in [3.05, 3.63) is 75.9 Å². The van der Waals surface area contributed by atoms with Gasteiger partial charge >= 0.3 is 0 Å². The minimum Gasteiger partial charge on any atom is -0.350 e. The Morgan fingerprint density at radius 2 is 1.76 bits per heavy atom. The number of hydrogen-bond acceptors (Lipinski definition) is 4. The van der Waals surface area contributed by atoms with Crippen molar-refractivity contribution in [2.24, 2.45) is 0 Å². The Morgan fingerprint density at radius 3 is 2.56 bits per heavy atom. The molecule has 0 aliphatic carbocycles. The highest BCUT2D eigenvalue weighted by Crippen LogP contribution is 2.26. The summed E-state index contributed by atoms with van der Waals surface area (Å²) in [6, 6.07) is 16.1. The van der Waals surface area contributed by atoms with Gasteiger partial charge in [0.2, 0.25) is 5.95 Å². The van der Waals surface area contributed by atoms with Crippen molar-refractivity contribution >= 4 is 29.1 Å². The van der Waals surface area contributed by atoms with Crippen LogP contribution in [0, 0.1) is 20.8 Å². The monoisotopic (exact) mass is 352 g/mol. The molecule has 0 unspecified atom stereocenters. The molecule has 0 saturated heterocycles. The first-order valence-corrected chi connectivity index (χ1v) is 8.56. The first-order valence-electron chi connectivity index (χ1n) is 8.18. The van der Waals surface area contributed by atoms with Crippen molar-refractivity contribution in [3.63, 3.8) is 0 Å². The molecule has 0 amide bonds. The van der Waals surface area contributed by atoms with Crippen LogP contribution in [-0.4, -0.2) is 9.97 Å². The van der Waals surface area contributed by atoms with Crippen LogP contribution < -0.4 is 10.6 Å². The molecule has 4 nitrogen and oxygen atoms in total. The Morgan fingerprint density at radius 1 is 0.960 bits per heavy atom. The number of rotatable bonds is 5. The number of nitrogens with one attached hydrogen (secondary N) is 2. The van der Waals surface area contributed by atoms with Gasteiger partial charge in [0.1, 0.15) is 5.82 Å². The van der Waals surface area contributed by atoms with Crippen LogP contribution in [0.1, 0.15) is 22.4 Å². The van der Waals surface area contributed by atoms with Gasteiger partial charge in [-0.2, -0.15) is 4.98 Å². The van der Waals surface area contributed by atoms with Gasteiger partial charge in [-0.25, -0.2) is 4.98 Å². The topological polar surface area (TPSA) is 49.8 Å². The minimum atomic E-state index is 0.601. The first kappa shape index (κ1) is 17.2. The Kier molecular flexibility index (Phi) is 5.19. The minimum absolute atomic E-state index is 0.601. The van der Waals surface area contributed by atoms with Crippen molar-refractivity contribution in [1.29, 1.82) is 0 Å². The highest BCUT2D eigenvalue weighted by molar-refractivity contribution is 6.31. The maximum Gasteiger partial charge on any atom is 0.225 e. The number of aryl methyl sites for hydroxylation is 2. The van der Waals surface area contributed by atoms with Crippen LogP contribution in [0.5, 0.6) is 0 Å². The van der Waals surface area contributed by atoms with Gasteiger partial charge < -0.3 is 10.6 Å². The molecule has 3 aromatic rings. The lowest BCUT2D eigenvalue weighted by atomic mass is 10.1. The third kappa shape index (κ3) is 4.48. The van der Waals surface area contributed by atoms with Crippen LogP contribution >= 0.6 is 11.6 Å². The molecular formula is C20H21ClN4. The quantitative estimate of drug-likeness (QED) is 0.644. The third-order valence-corrected chi connectivity index (χ3v) is 4.33. The summed E-state index contributed by atoms with van der Waals surface area (Å²) in [7, 11) is 0. The standard InChI is InChI=1S/C20H21ClN4/c1-13-6-4-7-16(10-13)12-22-20-23-14(2)11-19(25-20)24-18-9-5-8-17(21)15(18)3/h4-11H,12H2,1-3H3,(H2,22,23,24,25). The summed E-state index contributed by atoms with van der Waals surface area (Å²) in [6.07, 6.45) is 0. The van der Waals surface area contributed by atoms with E-state index in [2.05, 4.69) is 51.8 Å². The molecule has 1 aromatic heterocycles. The van der Waals surface area contributed by atoms with E-state index in [1.54, 1.807) is 0 Å². The zero-order chi connectivity index (χ0) is 17.8. The van der Waals surface area contributed by atoms with Crippen molar-refractivity contribution in [2.45, 2.75) is 27.3 Å². The van der Waals surface area contributed by atoms with E-state index >= 15 is 0 Å². The number of hydrogen-bond donors (Lipinski definition) is 2. The molecule has 25 heavy (non-hydrogen) atoms. The predicted molar refractivity (Wildman–Crippen MR) is 105 cm³/mol. The molecule has 5 heteroatoms. The lowest BCUT2D eigenvalue weighted by Gasteiger charge is -2.12. The first-order chi connectivity index (χ1) is 12.0. The van der Waals surface area contributed by atoms with Gasteiger partial charge in [0, 0.05) is 29.0 Å². The normalized spacial score (nSPS) is 10.6. The Hall–Kier alpha value is -2.59. The molecule has 0 spiro atoms. The van der Waals surface area contributed by atoms with Crippen LogP contribution in [-0.2, 0) is 6.54 Å². The van der Waals surface area contributed by atoms with E-state index in [0.29, 0.717) is 12.5 Å². The molecule has 0 atom stereocenters. The molecule has 0 radical (unpaired) electrons. The SMILES string of the molecule is Cc1cccc(CNc2nc(C)cc(Nc3cccc(Cl)c3C)n2)c1. The lowest BCUT2D eigenvalue weighted by Crippen LogP contribution is -2.06. The largest absolute Gasteiger partial charge is 0.350 e. The highest BCUT2D eigenvalue weighted by Gasteiger charge is 2.06.